The van der Waals surface area contributed by atoms with Gasteiger partial charge in [0.2, 0.25) is 0 Å². The van der Waals surface area contributed by atoms with Gasteiger partial charge in [-0.25, -0.2) is 0 Å². The fraction of sp³-hybridized carbons (Fsp3) is 0.375. The minimum absolute atomic E-state index is 0.130. The molecule has 2 rings (SSSR count). The second-order valence-electron chi connectivity index (χ2n) is 4.65. The second kappa shape index (κ2) is 5.83. The SMILES string of the molecule is CCCOc1c(CCC)c(O)c2ccccc2c1O. The molecule has 2 aromatic rings. The third-order valence-electron chi connectivity index (χ3n) is 3.16. The molecule has 3 nitrogen and oxygen atoms in total. The van der Waals surface area contributed by atoms with Gasteiger partial charge in [-0.05, 0) is 12.8 Å². The molecule has 0 aliphatic carbocycles. The van der Waals surface area contributed by atoms with E-state index in [0.29, 0.717) is 35.1 Å². The minimum Gasteiger partial charge on any atom is -0.507 e. The van der Waals surface area contributed by atoms with Crippen LogP contribution in [0, 0.1) is 0 Å². The Hall–Kier alpha value is -1.90. The van der Waals surface area contributed by atoms with Crippen molar-refractivity contribution in [2.45, 2.75) is 33.1 Å². The van der Waals surface area contributed by atoms with E-state index in [9.17, 15) is 10.2 Å². The zero-order chi connectivity index (χ0) is 13.8. The molecule has 3 heteroatoms. The van der Waals surface area contributed by atoms with Crippen LogP contribution in [0.15, 0.2) is 24.3 Å². The van der Waals surface area contributed by atoms with Crippen LogP contribution in [0.5, 0.6) is 17.2 Å². The van der Waals surface area contributed by atoms with Gasteiger partial charge >= 0.3 is 0 Å². The first kappa shape index (κ1) is 13.5. The monoisotopic (exact) mass is 260 g/mol. The summed E-state index contributed by atoms with van der Waals surface area (Å²) in [4.78, 5) is 0. The van der Waals surface area contributed by atoms with E-state index < -0.39 is 0 Å². The lowest BCUT2D eigenvalue weighted by atomic mass is 10.00. The highest BCUT2D eigenvalue weighted by Gasteiger charge is 2.19. The highest BCUT2D eigenvalue weighted by atomic mass is 16.5. The first-order valence-electron chi connectivity index (χ1n) is 6.79. The molecule has 0 fully saturated rings. The van der Waals surface area contributed by atoms with Crippen molar-refractivity contribution in [1.29, 1.82) is 0 Å². The van der Waals surface area contributed by atoms with Crippen molar-refractivity contribution in [3.8, 4) is 17.2 Å². The fourth-order valence-electron chi connectivity index (χ4n) is 2.27. The molecule has 0 saturated carbocycles. The molecule has 0 heterocycles. The fourth-order valence-corrected chi connectivity index (χ4v) is 2.27. The third-order valence-corrected chi connectivity index (χ3v) is 3.16. The average molecular weight is 260 g/mol. The number of hydrogen-bond acceptors (Lipinski definition) is 3. The summed E-state index contributed by atoms with van der Waals surface area (Å²) in [6.45, 7) is 4.58. The Labute approximate surface area is 113 Å². The van der Waals surface area contributed by atoms with Crippen LogP contribution in [0.3, 0.4) is 0 Å². The van der Waals surface area contributed by atoms with Gasteiger partial charge in [-0.3, -0.25) is 0 Å². The molecule has 0 aliphatic rings. The van der Waals surface area contributed by atoms with Crippen molar-refractivity contribution in [3.63, 3.8) is 0 Å². The van der Waals surface area contributed by atoms with E-state index in [1.807, 2.05) is 32.0 Å². The van der Waals surface area contributed by atoms with Gasteiger partial charge in [0.25, 0.3) is 0 Å². The molecule has 0 bridgehead atoms. The van der Waals surface area contributed by atoms with Crippen LogP contribution in [-0.2, 0) is 6.42 Å². The number of phenols is 2. The van der Waals surface area contributed by atoms with Crippen LogP contribution in [0.25, 0.3) is 10.8 Å². The van der Waals surface area contributed by atoms with Crippen LogP contribution in [0.2, 0.25) is 0 Å². The Kier molecular flexibility index (Phi) is 4.15. The van der Waals surface area contributed by atoms with Crippen LogP contribution >= 0.6 is 0 Å². The largest absolute Gasteiger partial charge is 0.507 e. The summed E-state index contributed by atoms with van der Waals surface area (Å²) in [6.07, 6.45) is 2.43. The predicted octanol–water partition coefficient (Wildman–Crippen LogP) is 3.99. The number of ether oxygens (including phenoxy) is 1. The molecule has 0 saturated heterocycles. The highest BCUT2D eigenvalue weighted by Crippen LogP contribution is 2.45. The van der Waals surface area contributed by atoms with Crippen LogP contribution in [0.1, 0.15) is 32.3 Å². The van der Waals surface area contributed by atoms with Crippen LogP contribution in [-0.4, -0.2) is 16.8 Å². The number of rotatable bonds is 5. The van der Waals surface area contributed by atoms with E-state index >= 15 is 0 Å². The topological polar surface area (TPSA) is 49.7 Å². The Balaban J connectivity index is 2.68. The van der Waals surface area contributed by atoms with Crippen molar-refractivity contribution in [2.24, 2.45) is 0 Å². The first-order valence-corrected chi connectivity index (χ1v) is 6.79. The lowest BCUT2D eigenvalue weighted by molar-refractivity contribution is 0.295. The molecule has 19 heavy (non-hydrogen) atoms. The number of aromatic hydroxyl groups is 2. The number of fused-ring (bicyclic) bond motifs is 1. The Morgan fingerprint density at radius 1 is 0.947 bits per heavy atom. The van der Waals surface area contributed by atoms with E-state index in [2.05, 4.69) is 0 Å². The maximum atomic E-state index is 10.4. The first-order chi connectivity index (χ1) is 9.20. The van der Waals surface area contributed by atoms with Crippen LogP contribution in [0.4, 0.5) is 0 Å². The lowest BCUT2D eigenvalue weighted by Gasteiger charge is -2.16. The summed E-state index contributed by atoms with van der Waals surface area (Å²) in [5, 5.41) is 22.1. The normalized spacial score (nSPS) is 10.8. The molecular formula is C16H20O3. The zero-order valence-corrected chi connectivity index (χ0v) is 11.4. The van der Waals surface area contributed by atoms with Crippen LogP contribution < -0.4 is 4.74 Å². The van der Waals surface area contributed by atoms with Gasteiger partial charge in [-0.1, -0.05) is 44.5 Å². The Morgan fingerprint density at radius 2 is 1.58 bits per heavy atom. The number of benzene rings is 2. The lowest BCUT2D eigenvalue weighted by Crippen LogP contribution is -2.00. The Bertz CT molecular complexity index is 576. The summed E-state index contributed by atoms with van der Waals surface area (Å²) >= 11 is 0. The summed E-state index contributed by atoms with van der Waals surface area (Å²) < 4.78 is 5.65. The molecule has 2 aromatic carbocycles. The molecule has 0 aromatic heterocycles. The van der Waals surface area contributed by atoms with E-state index in [4.69, 9.17) is 4.74 Å². The molecule has 0 aliphatic heterocycles. The summed E-state index contributed by atoms with van der Waals surface area (Å²) in [5.74, 6) is 0.784. The van der Waals surface area contributed by atoms with Crippen molar-refractivity contribution in [3.05, 3.63) is 29.8 Å². The highest BCUT2D eigenvalue weighted by molar-refractivity contribution is 5.96. The van der Waals surface area contributed by atoms with E-state index in [1.165, 1.54) is 0 Å². The van der Waals surface area contributed by atoms with Gasteiger partial charge in [0.05, 0.1) is 6.61 Å². The van der Waals surface area contributed by atoms with Crippen molar-refractivity contribution in [2.75, 3.05) is 6.61 Å². The standard InChI is InChI=1S/C16H20O3/c1-3-7-13-14(17)11-8-5-6-9-12(11)15(18)16(13)19-10-4-2/h5-6,8-9,17-18H,3-4,7,10H2,1-2H3. The summed E-state index contributed by atoms with van der Waals surface area (Å²) in [6, 6.07) is 7.29. The molecule has 0 spiro atoms. The molecular weight excluding hydrogens is 240 g/mol. The molecule has 0 unspecified atom stereocenters. The maximum Gasteiger partial charge on any atom is 0.168 e. The Morgan fingerprint density at radius 3 is 2.16 bits per heavy atom. The predicted molar refractivity (Wildman–Crippen MR) is 77.1 cm³/mol. The van der Waals surface area contributed by atoms with E-state index in [-0.39, 0.29) is 11.5 Å². The number of hydrogen-bond donors (Lipinski definition) is 2. The van der Waals surface area contributed by atoms with Crippen molar-refractivity contribution in [1.82, 2.24) is 0 Å². The second-order valence-corrected chi connectivity index (χ2v) is 4.65. The summed E-state index contributed by atoms with van der Waals surface area (Å²) in [7, 11) is 0. The summed E-state index contributed by atoms with van der Waals surface area (Å²) in [5.41, 5.74) is 0.701. The number of phenolic OH excluding ortho intramolecular Hbond substituents is 2. The van der Waals surface area contributed by atoms with E-state index in [1.54, 1.807) is 6.07 Å². The van der Waals surface area contributed by atoms with Gasteiger partial charge in [-0.2, -0.15) is 0 Å². The molecule has 0 amide bonds. The van der Waals surface area contributed by atoms with Gasteiger partial charge < -0.3 is 14.9 Å². The molecule has 0 atom stereocenters. The van der Waals surface area contributed by atoms with Crippen molar-refractivity contribution < 1.29 is 14.9 Å². The minimum atomic E-state index is 0.130. The van der Waals surface area contributed by atoms with Gasteiger partial charge in [0.15, 0.2) is 11.5 Å². The average Bonchev–Trinajstić information content (AvgIpc) is 2.44. The zero-order valence-electron chi connectivity index (χ0n) is 11.4. The molecule has 0 radical (unpaired) electrons. The van der Waals surface area contributed by atoms with Gasteiger partial charge in [-0.15, -0.1) is 0 Å². The molecule has 2 N–H and O–H groups in total. The van der Waals surface area contributed by atoms with Gasteiger partial charge in [0.1, 0.15) is 5.75 Å². The third kappa shape index (κ3) is 2.46. The van der Waals surface area contributed by atoms with E-state index in [0.717, 1.165) is 12.8 Å². The quantitative estimate of drug-likeness (QED) is 0.799. The smallest absolute Gasteiger partial charge is 0.168 e. The maximum absolute atomic E-state index is 10.4. The molecule has 102 valence electrons. The van der Waals surface area contributed by atoms with Crippen molar-refractivity contribution >= 4 is 10.8 Å². The van der Waals surface area contributed by atoms with Gasteiger partial charge in [0, 0.05) is 16.3 Å².